The molecule has 0 aromatic heterocycles. The van der Waals surface area contributed by atoms with Crippen LogP contribution in [-0.4, -0.2) is 13.2 Å². The van der Waals surface area contributed by atoms with E-state index >= 15 is 0 Å². The number of fused-ring (bicyclic) bond motifs is 1. The van der Waals surface area contributed by atoms with Crippen LogP contribution in [0.3, 0.4) is 0 Å². The standard InChI is InChI=1S/C14H17NO/c1-2-3-4-11-16-13-9-5-7-12-8-6-10-15-14(12)13/h5,7,9,15H,4,6,8,10-11H2,1H3. The SMILES string of the molecule is CC#CCCOc1cccc2c1NCCC2. The van der Waals surface area contributed by atoms with E-state index in [9.17, 15) is 0 Å². The largest absolute Gasteiger partial charge is 0.490 e. The van der Waals surface area contributed by atoms with E-state index in [2.05, 4.69) is 29.3 Å². The molecule has 0 atom stereocenters. The molecule has 2 rings (SSSR count). The van der Waals surface area contributed by atoms with Crippen LogP contribution in [-0.2, 0) is 6.42 Å². The molecule has 2 heteroatoms. The Balaban J connectivity index is 2.04. The van der Waals surface area contributed by atoms with Gasteiger partial charge in [-0.3, -0.25) is 0 Å². The lowest BCUT2D eigenvalue weighted by Gasteiger charge is -2.20. The van der Waals surface area contributed by atoms with Crippen molar-refractivity contribution >= 4 is 5.69 Å². The average molecular weight is 215 g/mol. The third-order valence-electron chi connectivity index (χ3n) is 2.70. The molecule has 1 N–H and O–H groups in total. The highest BCUT2D eigenvalue weighted by Gasteiger charge is 2.12. The van der Waals surface area contributed by atoms with E-state index in [1.807, 2.05) is 13.0 Å². The molecular formula is C14H17NO. The van der Waals surface area contributed by atoms with Crippen LogP contribution in [0.4, 0.5) is 5.69 Å². The van der Waals surface area contributed by atoms with Crippen molar-refractivity contribution in [2.75, 3.05) is 18.5 Å². The van der Waals surface area contributed by atoms with E-state index in [4.69, 9.17) is 4.74 Å². The quantitative estimate of drug-likeness (QED) is 0.618. The molecule has 16 heavy (non-hydrogen) atoms. The Labute approximate surface area is 97.0 Å². The van der Waals surface area contributed by atoms with E-state index in [-0.39, 0.29) is 0 Å². The van der Waals surface area contributed by atoms with E-state index in [0.717, 1.165) is 25.1 Å². The summed E-state index contributed by atoms with van der Waals surface area (Å²) in [4.78, 5) is 0. The lowest BCUT2D eigenvalue weighted by Crippen LogP contribution is -2.13. The van der Waals surface area contributed by atoms with Gasteiger partial charge in [0.1, 0.15) is 5.75 Å². The second-order valence-corrected chi connectivity index (χ2v) is 3.85. The minimum atomic E-state index is 0.666. The Kier molecular flexibility index (Phi) is 3.71. The van der Waals surface area contributed by atoms with Crippen molar-refractivity contribution < 1.29 is 4.74 Å². The summed E-state index contributed by atoms with van der Waals surface area (Å²) in [5, 5.41) is 3.41. The molecule has 1 aliphatic heterocycles. The number of aryl methyl sites for hydroxylation is 1. The molecule has 0 saturated carbocycles. The van der Waals surface area contributed by atoms with Crippen molar-refractivity contribution in [1.82, 2.24) is 0 Å². The summed E-state index contributed by atoms with van der Waals surface area (Å²) < 4.78 is 5.74. The van der Waals surface area contributed by atoms with Crippen LogP contribution in [0.15, 0.2) is 18.2 Å². The van der Waals surface area contributed by atoms with Gasteiger partial charge < -0.3 is 10.1 Å². The first-order valence-corrected chi connectivity index (χ1v) is 5.80. The topological polar surface area (TPSA) is 21.3 Å². The Morgan fingerprint density at radius 1 is 1.44 bits per heavy atom. The molecule has 0 fully saturated rings. The summed E-state index contributed by atoms with van der Waals surface area (Å²) in [5.74, 6) is 6.84. The first-order valence-electron chi connectivity index (χ1n) is 5.80. The van der Waals surface area contributed by atoms with Gasteiger partial charge in [-0.2, -0.15) is 0 Å². The zero-order valence-electron chi connectivity index (χ0n) is 9.68. The maximum atomic E-state index is 5.74. The van der Waals surface area contributed by atoms with E-state index in [0.29, 0.717) is 6.61 Å². The smallest absolute Gasteiger partial charge is 0.142 e. The van der Waals surface area contributed by atoms with E-state index < -0.39 is 0 Å². The number of para-hydroxylation sites is 1. The number of anilines is 1. The molecule has 2 nitrogen and oxygen atoms in total. The average Bonchev–Trinajstić information content (AvgIpc) is 2.35. The predicted molar refractivity (Wildman–Crippen MR) is 66.8 cm³/mol. The van der Waals surface area contributed by atoms with Crippen LogP contribution in [0.2, 0.25) is 0 Å². The lowest BCUT2D eigenvalue weighted by molar-refractivity contribution is 0.328. The first kappa shape index (κ1) is 10.9. The van der Waals surface area contributed by atoms with Crippen molar-refractivity contribution in [3.8, 4) is 17.6 Å². The van der Waals surface area contributed by atoms with Crippen LogP contribution in [0.1, 0.15) is 25.3 Å². The Hall–Kier alpha value is -1.62. The van der Waals surface area contributed by atoms with Crippen molar-refractivity contribution in [2.24, 2.45) is 0 Å². The van der Waals surface area contributed by atoms with Crippen molar-refractivity contribution in [3.05, 3.63) is 23.8 Å². The van der Waals surface area contributed by atoms with Gasteiger partial charge in [0.25, 0.3) is 0 Å². The number of ether oxygens (including phenoxy) is 1. The Bertz CT molecular complexity index is 414. The van der Waals surface area contributed by atoms with Crippen LogP contribution < -0.4 is 10.1 Å². The van der Waals surface area contributed by atoms with Gasteiger partial charge in [-0.15, -0.1) is 11.8 Å². The van der Waals surface area contributed by atoms with Gasteiger partial charge in [0.05, 0.1) is 12.3 Å². The lowest BCUT2D eigenvalue weighted by atomic mass is 10.0. The van der Waals surface area contributed by atoms with Gasteiger partial charge in [0.2, 0.25) is 0 Å². The molecular weight excluding hydrogens is 198 g/mol. The molecule has 0 radical (unpaired) electrons. The molecule has 1 aromatic rings. The van der Waals surface area contributed by atoms with E-state index in [1.54, 1.807) is 0 Å². The second-order valence-electron chi connectivity index (χ2n) is 3.85. The highest BCUT2D eigenvalue weighted by molar-refractivity contribution is 5.63. The Morgan fingerprint density at radius 3 is 3.25 bits per heavy atom. The maximum Gasteiger partial charge on any atom is 0.142 e. The second kappa shape index (κ2) is 5.46. The molecule has 1 heterocycles. The Morgan fingerprint density at radius 2 is 2.38 bits per heavy atom. The molecule has 0 spiro atoms. The minimum Gasteiger partial charge on any atom is -0.490 e. The zero-order chi connectivity index (χ0) is 11.2. The summed E-state index contributed by atoms with van der Waals surface area (Å²) in [6, 6.07) is 6.25. The van der Waals surface area contributed by atoms with Crippen LogP contribution in [0, 0.1) is 11.8 Å². The number of nitrogens with one attached hydrogen (secondary N) is 1. The summed E-state index contributed by atoms with van der Waals surface area (Å²) >= 11 is 0. The maximum absolute atomic E-state index is 5.74. The minimum absolute atomic E-state index is 0.666. The molecule has 1 aliphatic rings. The fourth-order valence-electron chi connectivity index (χ4n) is 1.94. The predicted octanol–water partition coefficient (Wildman–Crippen LogP) is 2.84. The molecule has 84 valence electrons. The highest BCUT2D eigenvalue weighted by Crippen LogP contribution is 2.31. The fraction of sp³-hybridized carbons (Fsp3) is 0.429. The summed E-state index contributed by atoms with van der Waals surface area (Å²) in [6.07, 6.45) is 3.15. The van der Waals surface area contributed by atoms with Gasteiger partial charge >= 0.3 is 0 Å². The number of rotatable bonds is 3. The summed E-state index contributed by atoms with van der Waals surface area (Å²) in [6.45, 7) is 3.56. The molecule has 0 amide bonds. The highest BCUT2D eigenvalue weighted by atomic mass is 16.5. The van der Waals surface area contributed by atoms with Crippen molar-refractivity contribution in [2.45, 2.75) is 26.2 Å². The zero-order valence-corrected chi connectivity index (χ0v) is 9.68. The van der Waals surface area contributed by atoms with Gasteiger partial charge in [0, 0.05) is 13.0 Å². The summed E-state index contributed by atoms with van der Waals surface area (Å²) in [7, 11) is 0. The number of benzene rings is 1. The van der Waals surface area contributed by atoms with Gasteiger partial charge in [0.15, 0.2) is 0 Å². The third kappa shape index (κ3) is 2.49. The van der Waals surface area contributed by atoms with E-state index in [1.165, 1.54) is 17.7 Å². The fourth-order valence-corrected chi connectivity index (χ4v) is 1.94. The molecule has 0 bridgehead atoms. The van der Waals surface area contributed by atoms with Gasteiger partial charge in [-0.1, -0.05) is 12.1 Å². The van der Waals surface area contributed by atoms with Crippen LogP contribution >= 0.6 is 0 Å². The summed E-state index contributed by atoms with van der Waals surface area (Å²) in [5.41, 5.74) is 2.54. The normalized spacial score (nSPS) is 13.1. The first-order chi connectivity index (χ1) is 7.92. The van der Waals surface area contributed by atoms with Crippen molar-refractivity contribution in [3.63, 3.8) is 0 Å². The van der Waals surface area contributed by atoms with Crippen LogP contribution in [0.25, 0.3) is 0 Å². The number of hydrogen-bond donors (Lipinski definition) is 1. The number of hydrogen-bond acceptors (Lipinski definition) is 2. The van der Waals surface area contributed by atoms with Crippen LogP contribution in [0.5, 0.6) is 5.75 Å². The molecule has 1 aromatic carbocycles. The van der Waals surface area contributed by atoms with Crippen molar-refractivity contribution in [1.29, 1.82) is 0 Å². The molecule has 0 unspecified atom stereocenters. The van der Waals surface area contributed by atoms with Gasteiger partial charge in [-0.05, 0) is 31.4 Å². The molecule has 0 saturated heterocycles. The third-order valence-corrected chi connectivity index (χ3v) is 2.70. The monoisotopic (exact) mass is 215 g/mol. The van der Waals surface area contributed by atoms with Gasteiger partial charge in [-0.25, -0.2) is 0 Å². The molecule has 0 aliphatic carbocycles.